The van der Waals surface area contributed by atoms with E-state index in [2.05, 4.69) is 15.9 Å². The number of hydrogen-bond acceptors (Lipinski definition) is 2. The van der Waals surface area contributed by atoms with Crippen molar-refractivity contribution in [3.63, 3.8) is 0 Å². The highest BCUT2D eigenvalue weighted by molar-refractivity contribution is 9.08. The van der Waals surface area contributed by atoms with Crippen LogP contribution in [0.25, 0.3) is 0 Å². The predicted octanol–water partition coefficient (Wildman–Crippen LogP) is 4.57. The molecule has 0 unspecified atom stereocenters. The van der Waals surface area contributed by atoms with E-state index in [-0.39, 0.29) is 5.91 Å². The summed E-state index contributed by atoms with van der Waals surface area (Å²) in [6, 6.07) is 11.4. The first-order chi connectivity index (χ1) is 9.10. The summed E-state index contributed by atoms with van der Waals surface area (Å²) < 4.78 is 0.748. The Morgan fingerprint density at radius 3 is 2.47 bits per heavy atom. The fourth-order valence-corrected chi connectivity index (χ4v) is 3.21. The molecule has 1 aromatic heterocycles. The van der Waals surface area contributed by atoms with Crippen molar-refractivity contribution in [3.8, 4) is 0 Å². The number of nitrogens with zero attached hydrogens (tertiary/aromatic N) is 1. The highest BCUT2D eigenvalue weighted by Gasteiger charge is 2.12. The van der Waals surface area contributed by atoms with Gasteiger partial charge in [-0.05, 0) is 29.8 Å². The van der Waals surface area contributed by atoms with Gasteiger partial charge in [-0.1, -0.05) is 39.7 Å². The second kappa shape index (κ2) is 6.55. The summed E-state index contributed by atoms with van der Waals surface area (Å²) in [7, 11) is 1.80. The van der Waals surface area contributed by atoms with Crippen molar-refractivity contribution >= 4 is 44.8 Å². The van der Waals surface area contributed by atoms with E-state index in [0.717, 1.165) is 20.1 Å². The summed E-state index contributed by atoms with van der Waals surface area (Å²) in [6.45, 7) is 0.580. The van der Waals surface area contributed by atoms with Crippen LogP contribution in [-0.4, -0.2) is 17.9 Å². The number of amides is 1. The Kier molecular flexibility index (Phi) is 5.02. The zero-order valence-corrected chi connectivity index (χ0v) is 13.6. The van der Waals surface area contributed by atoms with Crippen LogP contribution in [0, 0.1) is 0 Å². The molecule has 0 fully saturated rings. The van der Waals surface area contributed by atoms with Crippen LogP contribution in [0.15, 0.2) is 36.4 Å². The molecule has 100 valence electrons. The third kappa shape index (κ3) is 3.81. The van der Waals surface area contributed by atoms with Gasteiger partial charge in [-0.3, -0.25) is 4.79 Å². The van der Waals surface area contributed by atoms with E-state index >= 15 is 0 Å². The van der Waals surface area contributed by atoms with Crippen molar-refractivity contribution < 1.29 is 4.79 Å². The van der Waals surface area contributed by atoms with E-state index in [0.29, 0.717) is 12.1 Å². The molecule has 0 bridgehead atoms. The van der Waals surface area contributed by atoms with Crippen LogP contribution in [0.4, 0.5) is 0 Å². The van der Waals surface area contributed by atoms with E-state index in [1.54, 1.807) is 11.9 Å². The van der Waals surface area contributed by atoms with Crippen molar-refractivity contribution in [1.29, 1.82) is 0 Å². The highest BCUT2D eigenvalue weighted by Crippen LogP contribution is 2.22. The van der Waals surface area contributed by atoms with E-state index in [1.165, 1.54) is 11.3 Å². The van der Waals surface area contributed by atoms with Crippen LogP contribution in [0.3, 0.4) is 0 Å². The topological polar surface area (TPSA) is 20.3 Å². The van der Waals surface area contributed by atoms with E-state index in [1.807, 2.05) is 36.4 Å². The molecule has 1 heterocycles. The number of alkyl halides is 1. The molecule has 0 atom stereocenters. The standard InChI is InChI=1S/C14H13BrClNOS/c1-17(9-12-6-7-13(16)19-12)14(18)11-4-2-10(8-15)3-5-11/h2-7H,8-9H2,1H3. The lowest BCUT2D eigenvalue weighted by atomic mass is 10.1. The van der Waals surface area contributed by atoms with Crippen molar-refractivity contribution in [2.45, 2.75) is 11.9 Å². The summed E-state index contributed by atoms with van der Waals surface area (Å²) in [5, 5.41) is 0.797. The third-order valence-corrected chi connectivity index (χ3v) is 4.59. The second-order valence-electron chi connectivity index (χ2n) is 4.20. The Labute approximate surface area is 130 Å². The number of carbonyl (C=O) groups excluding carboxylic acids is 1. The molecular weight excluding hydrogens is 346 g/mol. The molecule has 1 aromatic carbocycles. The normalized spacial score (nSPS) is 10.5. The molecule has 0 aliphatic rings. The van der Waals surface area contributed by atoms with Gasteiger partial charge in [0.25, 0.3) is 5.91 Å². The molecule has 2 nitrogen and oxygen atoms in total. The van der Waals surface area contributed by atoms with E-state index in [4.69, 9.17) is 11.6 Å². The van der Waals surface area contributed by atoms with Crippen LogP contribution >= 0.6 is 38.9 Å². The molecule has 0 aliphatic carbocycles. The third-order valence-electron chi connectivity index (χ3n) is 2.72. The van der Waals surface area contributed by atoms with E-state index in [9.17, 15) is 4.79 Å². The first-order valence-electron chi connectivity index (χ1n) is 5.74. The molecule has 2 aromatic rings. The molecule has 0 saturated heterocycles. The number of rotatable bonds is 4. The number of thiophene rings is 1. The minimum atomic E-state index is 0.0191. The SMILES string of the molecule is CN(Cc1ccc(Cl)s1)C(=O)c1ccc(CBr)cc1. The minimum Gasteiger partial charge on any atom is -0.337 e. The molecule has 0 spiro atoms. The maximum atomic E-state index is 12.2. The molecule has 0 aliphatic heterocycles. The summed E-state index contributed by atoms with van der Waals surface area (Å²) in [5.41, 5.74) is 1.86. The van der Waals surface area contributed by atoms with Crippen LogP contribution < -0.4 is 0 Å². The van der Waals surface area contributed by atoms with Crippen LogP contribution in [-0.2, 0) is 11.9 Å². The molecule has 5 heteroatoms. The number of hydrogen-bond donors (Lipinski definition) is 0. The van der Waals surface area contributed by atoms with Crippen LogP contribution in [0.2, 0.25) is 4.34 Å². The average Bonchev–Trinajstić information content (AvgIpc) is 2.83. The minimum absolute atomic E-state index is 0.0191. The van der Waals surface area contributed by atoms with E-state index < -0.39 is 0 Å². The van der Waals surface area contributed by atoms with Crippen LogP contribution in [0.1, 0.15) is 20.8 Å². The molecular formula is C14H13BrClNOS. The van der Waals surface area contributed by atoms with Crippen molar-refractivity contribution in [1.82, 2.24) is 4.90 Å². The Hall–Kier alpha value is -0.840. The zero-order valence-electron chi connectivity index (χ0n) is 10.4. The maximum Gasteiger partial charge on any atom is 0.253 e. The maximum absolute atomic E-state index is 12.2. The lowest BCUT2D eigenvalue weighted by Crippen LogP contribution is -2.25. The Bertz CT molecular complexity index is 567. The monoisotopic (exact) mass is 357 g/mol. The fourth-order valence-electron chi connectivity index (χ4n) is 1.70. The fraction of sp³-hybridized carbons (Fsp3) is 0.214. The van der Waals surface area contributed by atoms with Gasteiger partial charge in [-0.25, -0.2) is 0 Å². The van der Waals surface area contributed by atoms with Crippen molar-refractivity contribution in [2.75, 3.05) is 7.05 Å². The zero-order chi connectivity index (χ0) is 13.8. The molecule has 0 saturated carbocycles. The Balaban J connectivity index is 2.05. The van der Waals surface area contributed by atoms with Gasteiger partial charge in [0.15, 0.2) is 0 Å². The van der Waals surface area contributed by atoms with Gasteiger partial charge in [0.05, 0.1) is 10.9 Å². The largest absolute Gasteiger partial charge is 0.337 e. The Morgan fingerprint density at radius 1 is 1.26 bits per heavy atom. The van der Waals surface area contributed by atoms with Gasteiger partial charge in [-0.2, -0.15) is 0 Å². The lowest BCUT2D eigenvalue weighted by Gasteiger charge is -2.16. The van der Waals surface area contributed by atoms with Gasteiger partial charge in [-0.15, -0.1) is 11.3 Å². The summed E-state index contributed by atoms with van der Waals surface area (Å²) >= 11 is 10.8. The van der Waals surface area contributed by atoms with Gasteiger partial charge in [0.1, 0.15) is 0 Å². The summed E-state index contributed by atoms with van der Waals surface area (Å²) in [4.78, 5) is 15.0. The smallest absolute Gasteiger partial charge is 0.253 e. The average molecular weight is 359 g/mol. The Morgan fingerprint density at radius 2 is 1.95 bits per heavy atom. The lowest BCUT2D eigenvalue weighted by molar-refractivity contribution is 0.0786. The number of benzene rings is 1. The molecule has 0 N–H and O–H groups in total. The molecule has 2 rings (SSSR count). The first-order valence-corrected chi connectivity index (χ1v) is 8.06. The molecule has 1 amide bonds. The highest BCUT2D eigenvalue weighted by atomic mass is 79.9. The molecule has 19 heavy (non-hydrogen) atoms. The number of carbonyl (C=O) groups is 1. The van der Waals surface area contributed by atoms with Gasteiger partial charge >= 0.3 is 0 Å². The van der Waals surface area contributed by atoms with Gasteiger partial charge < -0.3 is 4.90 Å². The van der Waals surface area contributed by atoms with Gasteiger partial charge in [0, 0.05) is 22.8 Å². The predicted molar refractivity (Wildman–Crippen MR) is 84.2 cm³/mol. The second-order valence-corrected chi connectivity index (χ2v) is 6.56. The number of halogens is 2. The first kappa shape index (κ1) is 14.6. The summed E-state index contributed by atoms with van der Waals surface area (Å²) in [5.74, 6) is 0.0191. The van der Waals surface area contributed by atoms with Crippen molar-refractivity contribution in [2.24, 2.45) is 0 Å². The summed E-state index contributed by atoms with van der Waals surface area (Å²) in [6.07, 6.45) is 0. The van der Waals surface area contributed by atoms with Gasteiger partial charge in [0.2, 0.25) is 0 Å². The molecule has 0 radical (unpaired) electrons. The quantitative estimate of drug-likeness (QED) is 0.733. The van der Waals surface area contributed by atoms with Crippen LogP contribution in [0.5, 0.6) is 0 Å². The van der Waals surface area contributed by atoms with Crippen molar-refractivity contribution in [3.05, 3.63) is 56.7 Å².